The first-order valence-electron chi connectivity index (χ1n) is 4.72. The highest BCUT2D eigenvalue weighted by molar-refractivity contribution is 7.16. The van der Waals surface area contributed by atoms with Crippen molar-refractivity contribution >= 4 is 16.3 Å². The van der Waals surface area contributed by atoms with E-state index in [0.717, 1.165) is 19.6 Å². The standard InChI is InChI=1S/C10H18N2S/c1-4-11-7-8-12(3)10-6-5-9(2)13-10/h5-6,11H,4,7-8H2,1-3H3. The summed E-state index contributed by atoms with van der Waals surface area (Å²) < 4.78 is 0. The highest BCUT2D eigenvalue weighted by Gasteiger charge is 2.01. The lowest BCUT2D eigenvalue weighted by Gasteiger charge is -2.16. The fraction of sp³-hybridized carbons (Fsp3) is 0.600. The third-order valence-corrected chi connectivity index (χ3v) is 3.09. The lowest BCUT2D eigenvalue weighted by Crippen LogP contribution is -2.28. The van der Waals surface area contributed by atoms with E-state index in [1.165, 1.54) is 9.88 Å². The second-order valence-corrected chi connectivity index (χ2v) is 4.43. The Hall–Kier alpha value is -0.540. The maximum Gasteiger partial charge on any atom is 0.0909 e. The van der Waals surface area contributed by atoms with Crippen LogP contribution in [-0.4, -0.2) is 26.7 Å². The fourth-order valence-corrected chi connectivity index (χ4v) is 2.01. The van der Waals surface area contributed by atoms with E-state index in [1.54, 1.807) is 0 Å². The molecule has 74 valence electrons. The summed E-state index contributed by atoms with van der Waals surface area (Å²) in [6.07, 6.45) is 0. The molecule has 0 saturated heterocycles. The van der Waals surface area contributed by atoms with Crippen LogP contribution in [0.3, 0.4) is 0 Å². The Bertz CT molecular complexity index is 245. The van der Waals surface area contributed by atoms with Gasteiger partial charge in [-0.25, -0.2) is 0 Å². The molecule has 2 nitrogen and oxygen atoms in total. The topological polar surface area (TPSA) is 15.3 Å². The van der Waals surface area contributed by atoms with Crippen LogP contribution >= 0.6 is 11.3 Å². The monoisotopic (exact) mass is 198 g/mol. The van der Waals surface area contributed by atoms with Gasteiger partial charge in [-0.1, -0.05) is 6.92 Å². The maximum atomic E-state index is 3.32. The van der Waals surface area contributed by atoms with Crippen LogP contribution in [0.25, 0.3) is 0 Å². The van der Waals surface area contributed by atoms with E-state index in [2.05, 4.69) is 43.2 Å². The van der Waals surface area contributed by atoms with Crippen molar-refractivity contribution in [1.29, 1.82) is 0 Å². The summed E-state index contributed by atoms with van der Waals surface area (Å²) >= 11 is 1.85. The van der Waals surface area contributed by atoms with Gasteiger partial charge in [0, 0.05) is 25.0 Å². The number of thiophene rings is 1. The molecule has 1 heterocycles. The van der Waals surface area contributed by atoms with Gasteiger partial charge < -0.3 is 10.2 Å². The van der Waals surface area contributed by atoms with Crippen molar-refractivity contribution in [3.8, 4) is 0 Å². The predicted octanol–water partition coefficient (Wildman–Crippen LogP) is 2.10. The molecule has 0 spiro atoms. The van der Waals surface area contributed by atoms with Crippen molar-refractivity contribution in [2.45, 2.75) is 13.8 Å². The molecule has 0 aliphatic rings. The summed E-state index contributed by atoms with van der Waals surface area (Å²) in [6.45, 7) is 7.47. The predicted molar refractivity (Wildman–Crippen MR) is 60.9 cm³/mol. The minimum absolute atomic E-state index is 1.05. The lowest BCUT2D eigenvalue weighted by atomic mass is 10.5. The van der Waals surface area contributed by atoms with E-state index in [-0.39, 0.29) is 0 Å². The molecule has 0 radical (unpaired) electrons. The zero-order chi connectivity index (χ0) is 9.68. The Morgan fingerprint density at radius 3 is 2.77 bits per heavy atom. The summed E-state index contributed by atoms with van der Waals surface area (Å²) in [5.41, 5.74) is 0. The van der Waals surface area contributed by atoms with Gasteiger partial charge in [0.2, 0.25) is 0 Å². The largest absolute Gasteiger partial charge is 0.365 e. The van der Waals surface area contributed by atoms with E-state index in [9.17, 15) is 0 Å². The number of rotatable bonds is 5. The number of nitrogens with zero attached hydrogens (tertiary/aromatic N) is 1. The van der Waals surface area contributed by atoms with Gasteiger partial charge in [0.05, 0.1) is 5.00 Å². The Labute approximate surface area is 84.6 Å². The minimum Gasteiger partial charge on any atom is -0.365 e. The van der Waals surface area contributed by atoms with Gasteiger partial charge in [-0.3, -0.25) is 0 Å². The van der Waals surface area contributed by atoms with Gasteiger partial charge in [-0.2, -0.15) is 0 Å². The van der Waals surface area contributed by atoms with Crippen molar-refractivity contribution < 1.29 is 0 Å². The average Bonchev–Trinajstić information content (AvgIpc) is 2.52. The van der Waals surface area contributed by atoms with Crippen molar-refractivity contribution in [1.82, 2.24) is 5.32 Å². The molecule has 1 aromatic heterocycles. The highest BCUT2D eigenvalue weighted by Crippen LogP contribution is 2.23. The van der Waals surface area contributed by atoms with Crippen LogP contribution < -0.4 is 10.2 Å². The van der Waals surface area contributed by atoms with Crippen molar-refractivity contribution in [2.24, 2.45) is 0 Å². The molecular weight excluding hydrogens is 180 g/mol. The van der Waals surface area contributed by atoms with E-state index in [0.29, 0.717) is 0 Å². The molecule has 0 bridgehead atoms. The number of nitrogens with one attached hydrogen (secondary N) is 1. The van der Waals surface area contributed by atoms with Crippen LogP contribution in [-0.2, 0) is 0 Å². The summed E-state index contributed by atoms with van der Waals surface area (Å²) in [7, 11) is 2.14. The van der Waals surface area contributed by atoms with Crippen LogP contribution in [0.15, 0.2) is 12.1 Å². The van der Waals surface area contributed by atoms with Gasteiger partial charge in [-0.05, 0) is 25.6 Å². The molecule has 0 aliphatic carbocycles. The quantitative estimate of drug-likeness (QED) is 0.729. The number of hydrogen-bond acceptors (Lipinski definition) is 3. The third-order valence-electron chi connectivity index (χ3n) is 1.98. The van der Waals surface area contributed by atoms with E-state index < -0.39 is 0 Å². The molecule has 1 rings (SSSR count). The molecule has 1 aromatic rings. The first-order chi connectivity index (χ1) is 6.24. The molecule has 0 fully saturated rings. The molecule has 0 aliphatic heterocycles. The number of hydrogen-bond donors (Lipinski definition) is 1. The Morgan fingerprint density at radius 1 is 1.46 bits per heavy atom. The van der Waals surface area contributed by atoms with Crippen molar-refractivity contribution in [3.63, 3.8) is 0 Å². The number of aryl methyl sites for hydroxylation is 1. The molecule has 13 heavy (non-hydrogen) atoms. The first kappa shape index (κ1) is 10.5. The van der Waals surface area contributed by atoms with Gasteiger partial charge >= 0.3 is 0 Å². The van der Waals surface area contributed by atoms with Crippen LogP contribution in [0.1, 0.15) is 11.8 Å². The minimum atomic E-state index is 1.05. The first-order valence-corrected chi connectivity index (χ1v) is 5.54. The zero-order valence-electron chi connectivity index (χ0n) is 8.63. The summed E-state index contributed by atoms with van der Waals surface area (Å²) in [5.74, 6) is 0. The van der Waals surface area contributed by atoms with Gasteiger partial charge in [0.15, 0.2) is 0 Å². The molecule has 3 heteroatoms. The molecule has 0 atom stereocenters. The van der Waals surface area contributed by atoms with Crippen LogP contribution in [0.5, 0.6) is 0 Å². The molecular formula is C10H18N2S. The smallest absolute Gasteiger partial charge is 0.0909 e. The van der Waals surface area contributed by atoms with E-state index in [4.69, 9.17) is 0 Å². The molecule has 0 saturated carbocycles. The lowest BCUT2D eigenvalue weighted by molar-refractivity contribution is 0.708. The van der Waals surface area contributed by atoms with E-state index in [1.807, 2.05) is 11.3 Å². The van der Waals surface area contributed by atoms with Crippen LogP contribution in [0.4, 0.5) is 5.00 Å². The van der Waals surface area contributed by atoms with Gasteiger partial charge in [-0.15, -0.1) is 11.3 Å². The summed E-state index contributed by atoms with van der Waals surface area (Å²) in [4.78, 5) is 3.67. The molecule has 0 aromatic carbocycles. The number of anilines is 1. The molecule has 0 unspecified atom stereocenters. The fourth-order valence-electron chi connectivity index (χ4n) is 1.16. The Balaban J connectivity index is 2.35. The summed E-state index contributed by atoms with van der Waals surface area (Å²) in [6, 6.07) is 4.36. The third kappa shape index (κ3) is 3.36. The van der Waals surface area contributed by atoms with E-state index >= 15 is 0 Å². The highest BCUT2D eigenvalue weighted by atomic mass is 32.1. The SMILES string of the molecule is CCNCCN(C)c1ccc(C)s1. The number of likely N-dealkylation sites (N-methyl/N-ethyl adjacent to an activating group) is 2. The second-order valence-electron chi connectivity index (χ2n) is 3.16. The normalized spacial score (nSPS) is 10.4. The van der Waals surface area contributed by atoms with Crippen molar-refractivity contribution in [2.75, 3.05) is 31.6 Å². The summed E-state index contributed by atoms with van der Waals surface area (Å²) in [5, 5.41) is 4.68. The van der Waals surface area contributed by atoms with Gasteiger partial charge in [0.1, 0.15) is 0 Å². The van der Waals surface area contributed by atoms with Crippen molar-refractivity contribution in [3.05, 3.63) is 17.0 Å². The second kappa shape index (κ2) is 5.25. The average molecular weight is 198 g/mol. The van der Waals surface area contributed by atoms with Crippen LogP contribution in [0.2, 0.25) is 0 Å². The Kier molecular flexibility index (Phi) is 4.25. The van der Waals surface area contributed by atoms with Gasteiger partial charge in [0.25, 0.3) is 0 Å². The Morgan fingerprint density at radius 2 is 2.23 bits per heavy atom. The molecule has 0 amide bonds. The molecule has 1 N–H and O–H groups in total. The zero-order valence-corrected chi connectivity index (χ0v) is 9.45. The van der Waals surface area contributed by atoms with Crippen LogP contribution in [0, 0.1) is 6.92 Å². The maximum absolute atomic E-state index is 3.32.